The minimum atomic E-state index is -4.73. The normalized spacial score (nSPS) is 15.7. The number of carbonyl (C=O) groups excluding carboxylic acids is 1. The van der Waals surface area contributed by atoms with Crippen LogP contribution in [0.4, 0.5) is 13.2 Å². The van der Waals surface area contributed by atoms with Crippen molar-refractivity contribution in [3.63, 3.8) is 0 Å². The van der Waals surface area contributed by atoms with Crippen LogP contribution in [0.5, 0.6) is 0 Å². The first-order valence-electron chi connectivity index (χ1n) is 4.07. The van der Waals surface area contributed by atoms with E-state index in [1.807, 2.05) is 0 Å². The molecule has 3 nitrogen and oxygen atoms in total. The zero-order chi connectivity index (χ0) is 11.7. The third-order valence-electron chi connectivity index (χ3n) is 2.30. The first-order chi connectivity index (χ1) is 6.80. The van der Waals surface area contributed by atoms with E-state index in [4.69, 9.17) is 5.73 Å². The molecule has 0 aromatic carbocycles. The number of halogens is 3. The van der Waals surface area contributed by atoms with Gasteiger partial charge in [0.25, 0.3) is 0 Å². The lowest BCUT2D eigenvalue weighted by molar-refractivity contribution is -0.189. The third-order valence-corrected chi connectivity index (χ3v) is 2.30. The van der Waals surface area contributed by atoms with Crippen molar-refractivity contribution in [2.24, 2.45) is 5.73 Å². The van der Waals surface area contributed by atoms with Crippen LogP contribution in [0.3, 0.4) is 0 Å². The molecular formula is C9H9F3N2O. The Morgan fingerprint density at radius 2 is 2.07 bits per heavy atom. The van der Waals surface area contributed by atoms with Gasteiger partial charge in [0.05, 0.1) is 0 Å². The van der Waals surface area contributed by atoms with Crippen LogP contribution in [0, 0.1) is 0 Å². The lowest BCUT2D eigenvalue weighted by Crippen LogP contribution is -2.50. The molecule has 0 bridgehead atoms. The predicted octanol–water partition coefficient (Wildman–Crippen LogP) is 1.39. The number of hydrogen-bond acceptors (Lipinski definition) is 2. The summed E-state index contributed by atoms with van der Waals surface area (Å²) in [7, 11) is 0. The van der Waals surface area contributed by atoms with Gasteiger partial charge in [0.1, 0.15) is 0 Å². The van der Waals surface area contributed by atoms with E-state index in [-0.39, 0.29) is 5.56 Å². The summed E-state index contributed by atoms with van der Waals surface area (Å²) < 4.78 is 38.1. The van der Waals surface area contributed by atoms with Crippen LogP contribution in [0.1, 0.15) is 12.5 Å². The van der Waals surface area contributed by atoms with E-state index in [9.17, 15) is 18.0 Å². The summed E-state index contributed by atoms with van der Waals surface area (Å²) in [4.78, 5) is 14.5. The van der Waals surface area contributed by atoms with E-state index in [2.05, 4.69) is 4.98 Å². The molecule has 1 unspecified atom stereocenters. The van der Waals surface area contributed by atoms with E-state index in [0.29, 0.717) is 0 Å². The Morgan fingerprint density at radius 1 is 1.47 bits per heavy atom. The van der Waals surface area contributed by atoms with Gasteiger partial charge in [-0.25, -0.2) is 0 Å². The van der Waals surface area contributed by atoms with Crippen molar-refractivity contribution < 1.29 is 18.0 Å². The van der Waals surface area contributed by atoms with Gasteiger partial charge in [-0.15, -0.1) is 0 Å². The standard InChI is InChI=1S/C9H9F3N2O/c1-8(7(13)15,9(10,11)12)6-3-2-4-14-5-6/h2-5H,1H3,(H2,13,15). The minimum Gasteiger partial charge on any atom is -0.369 e. The van der Waals surface area contributed by atoms with Gasteiger partial charge in [0.15, 0.2) is 5.41 Å². The first kappa shape index (κ1) is 11.5. The highest BCUT2D eigenvalue weighted by molar-refractivity contribution is 5.87. The molecule has 1 amide bonds. The minimum absolute atomic E-state index is 0.259. The molecule has 0 aliphatic carbocycles. The Bertz CT molecular complexity index is 363. The molecule has 0 saturated heterocycles. The van der Waals surface area contributed by atoms with Crippen LogP contribution in [0.15, 0.2) is 24.5 Å². The predicted molar refractivity (Wildman–Crippen MR) is 46.8 cm³/mol. The number of pyridine rings is 1. The van der Waals surface area contributed by atoms with Gasteiger partial charge in [-0.3, -0.25) is 9.78 Å². The number of aromatic nitrogens is 1. The molecule has 0 saturated carbocycles. The quantitative estimate of drug-likeness (QED) is 0.815. The van der Waals surface area contributed by atoms with Gasteiger partial charge < -0.3 is 5.73 Å². The van der Waals surface area contributed by atoms with Crippen molar-refractivity contribution in [2.75, 3.05) is 0 Å². The molecular weight excluding hydrogens is 209 g/mol. The Kier molecular flexibility index (Phi) is 2.70. The van der Waals surface area contributed by atoms with Crippen molar-refractivity contribution in [3.05, 3.63) is 30.1 Å². The number of nitrogens with two attached hydrogens (primary N) is 1. The van der Waals surface area contributed by atoms with E-state index in [1.54, 1.807) is 0 Å². The average Bonchev–Trinajstić information content (AvgIpc) is 2.16. The maximum Gasteiger partial charge on any atom is 0.406 e. The zero-order valence-electron chi connectivity index (χ0n) is 7.88. The van der Waals surface area contributed by atoms with Gasteiger partial charge in [-0.05, 0) is 18.6 Å². The summed E-state index contributed by atoms with van der Waals surface area (Å²) in [5, 5.41) is 0. The molecule has 2 N–H and O–H groups in total. The van der Waals surface area contributed by atoms with Crippen molar-refractivity contribution in [1.82, 2.24) is 4.98 Å². The number of nitrogens with zero attached hydrogens (tertiary/aromatic N) is 1. The lowest BCUT2D eigenvalue weighted by Gasteiger charge is -2.28. The van der Waals surface area contributed by atoms with Crippen molar-refractivity contribution in [3.8, 4) is 0 Å². The summed E-state index contributed by atoms with van der Waals surface area (Å²) >= 11 is 0. The van der Waals surface area contributed by atoms with Crippen LogP contribution >= 0.6 is 0 Å². The topological polar surface area (TPSA) is 56.0 Å². The fourth-order valence-electron chi connectivity index (χ4n) is 1.10. The lowest BCUT2D eigenvalue weighted by atomic mass is 9.82. The molecule has 0 aliphatic rings. The van der Waals surface area contributed by atoms with Crippen LogP contribution in [-0.4, -0.2) is 17.1 Å². The SMILES string of the molecule is CC(C(N)=O)(c1cccnc1)C(F)(F)F. The highest BCUT2D eigenvalue weighted by atomic mass is 19.4. The fourth-order valence-corrected chi connectivity index (χ4v) is 1.10. The Labute approximate surface area is 84.1 Å². The molecule has 15 heavy (non-hydrogen) atoms. The largest absolute Gasteiger partial charge is 0.406 e. The fraction of sp³-hybridized carbons (Fsp3) is 0.333. The Balaban J connectivity index is 3.32. The maximum absolute atomic E-state index is 12.7. The van der Waals surface area contributed by atoms with Crippen LogP contribution in [0.25, 0.3) is 0 Å². The van der Waals surface area contributed by atoms with Crippen LogP contribution in [0.2, 0.25) is 0 Å². The van der Waals surface area contributed by atoms with E-state index < -0.39 is 17.5 Å². The number of alkyl halides is 3. The second-order valence-corrected chi connectivity index (χ2v) is 3.23. The van der Waals surface area contributed by atoms with Gasteiger partial charge >= 0.3 is 6.18 Å². The first-order valence-corrected chi connectivity index (χ1v) is 4.07. The second-order valence-electron chi connectivity index (χ2n) is 3.23. The molecule has 6 heteroatoms. The number of amides is 1. The molecule has 82 valence electrons. The number of rotatable bonds is 2. The molecule has 0 radical (unpaired) electrons. The monoisotopic (exact) mass is 218 g/mol. The smallest absolute Gasteiger partial charge is 0.369 e. The summed E-state index contributed by atoms with van der Waals surface area (Å²) in [5.41, 5.74) is 1.85. The summed E-state index contributed by atoms with van der Waals surface area (Å²) in [5.74, 6) is -1.44. The molecule has 0 fully saturated rings. The molecule has 0 spiro atoms. The highest BCUT2D eigenvalue weighted by Crippen LogP contribution is 2.40. The zero-order valence-corrected chi connectivity index (χ0v) is 7.88. The number of primary amides is 1. The highest BCUT2D eigenvalue weighted by Gasteiger charge is 2.57. The third kappa shape index (κ3) is 1.79. The van der Waals surface area contributed by atoms with Gasteiger partial charge in [0.2, 0.25) is 5.91 Å². The molecule has 1 aromatic heterocycles. The number of carbonyl (C=O) groups is 1. The molecule has 1 aromatic rings. The second kappa shape index (κ2) is 3.52. The van der Waals surface area contributed by atoms with Crippen LogP contribution in [-0.2, 0) is 10.2 Å². The number of hydrogen-bond donors (Lipinski definition) is 1. The maximum atomic E-state index is 12.7. The Hall–Kier alpha value is -1.59. The summed E-state index contributed by atoms with van der Waals surface area (Å²) in [6, 6.07) is 2.49. The van der Waals surface area contributed by atoms with Crippen LogP contribution < -0.4 is 5.73 Å². The van der Waals surface area contributed by atoms with Gasteiger partial charge in [-0.1, -0.05) is 6.07 Å². The van der Waals surface area contributed by atoms with Crippen molar-refractivity contribution in [1.29, 1.82) is 0 Å². The summed E-state index contributed by atoms with van der Waals surface area (Å²) in [6.45, 7) is 0.742. The molecule has 0 aliphatic heterocycles. The molecule has 1 atom stereocenters. The van der Waals surface area contributed by atoms with E-state index in [1.165, 1.54) is 18.3 Å². The summed E-state index contributed by atoms with van der Waals surface area (Å²) in [6.07, 6.45) is -2.43. The van der Waals surface area contributed by atoms with Crippen molar-refractivity contribution in [2.45, 2.75) is 18.5 Å². The molecule has 1 rings (SSSR count). The van der Waals surface area contributed by atoms with E-state index >= 15 is 0 Å². The van der Waals surface area contributed by atoms with Gasteiger partial charge in [0, 0.05) is 12.4 Å². The van der Waals surface area contributed by atoms with E-state index in [0.717, 1.165) is 13.1 Å². The van der Waals surface area contributed by atoms with Crippen molar-refractivity contribution >= 4 is 5.91 Å². The molecule has 1 heterocycles. The Morgan fingerprint density at radius 3 is 2.40 bits per heavy atom. The average molecular weight is 218 g/mol. The van der Waals surface area contributed by atoms with Gasteiger partial charge in [-0.2, -0.15) is 13.2 Å².